The topological polar surface area (TPSA) is 113 Å². The molecular weight excluding hydrogens is 488 g/mol. The second-order valence-corrected chi connectivity index (χ2v) is 9.75. The fourth-order valence-electron chi connectivity index (χ4n) is 4.55. The molecule has 4 aromatic rings. The molecule has 0 saturated heterocycles. The Kier molecular flexibility index (Phi) is 9.22. The Morgan fingerprint density at radius 1 is 0.923 bits per heavy atom. The van der Waals surface area contributed by atoms with Crippen LogP contribution in [0.1, 0.15) is 37.0 Å². The van der Waals surface area contributed by atoms with Crippen molar-refractivity contribution >= 4 is 28.5 Å². The predicted octanol–water partition coefficient (Wildman–Crippen LogP) is 4.47. The monoisotopic (exact) mass is 524 g/mol. The molecule has 0 aliphatic heterocycles. The fourth-order valence-corrected chi connectivity index (χ4v) is 4.55. The molecule has 0 bridgehead atoms. The molecule has 8 heteroatoms. The van der Waals surface area contributed by atoms with E-state index in [0.717, 1.165) is 22.0 Å². The third kappa shape index (κ3) is 6.78. The van der Waals surface area contributed by atoms with Crippen LogP contribution in [0, 0.1) is 5.92 Å². The quantitative estimate of drug-likeness (QED) is 0.236. The van der Waals surface area contributed by atoms with Crippen LogP contribution < -0.4 is 16.4 Å². The van der Waals surface area contributed by atoms with Gasteiger partial charge in [-0.2, -0.15) is 0 Å². The first kappa shape index (κ1) is 27.7. The Labute approximate surface area is 229 Å². The molecule has 3 aromatic carbocycles. The van der Waals surface area contributed by atoms with E-state index >= 15 is 0 Å². The Hall–Kier alpha value is -4.30. The van der Waals surface area contributed by atoms with E-state index in [2.05, 4.69) is 15.6 Å². The summed E-state index contributed by atoms with van der Waals surface area (Å²) in [6.07, 6.45) is 0. The third-order valence-corrected chi connectivity index (χ3v) is 6.67. The summed E-state index contributed by atoms with van der Waals surface area (Å²) in [5, 5.41) is 7.42. The molecule has 1 aromatic heterocycles. The number of hydrogen-bond donors (Lipinski definition) is 3. The first-order valence-corrected chi connectivity index (χ1v) is 13.3. The molecule has 0 spiro atoms. The van der Waals surface area contributed by atoms with Crippen LogP contribution in [0.4, 0.5) is 5.82 Å². The van der Waals surface area contributed by atoms with E-state index in [0.29, 0.717) is 43.4 Å². The van der Waals surface area contributed by atoms with Crippen LogP contribution in [0.2, 0.25) is 0 Å². The molecule has 1 atom stereocenters. The van der Waals surface area contributed by atoms with E-state index in [1.54, 1.807) is 0 Å². The molecule has 4 rings (SSSR count). The van der Waals surface area contributed by atoms with Crippen LogP contribution in [0.25, 0.3) is 22.0 Å². The van der Waals surface area contributed by atoms with Crippen molar-refractivity contribution in [2.45, 2.75) is 33.4 Å². The lowest BCUT2D eigenvalue weighted by Gasteiger charge is -2.23. The molecule has 0 radical (unpaired) electrons. The number of likely N-dealkylation sites (N-methyl/N-ethyl adjacent to an activating group) is 1. The van der Waals surface area contributed by atoms with E-state index in [4.69, 9.17) is 10.7 Å². The number of primary amides is 1. The molecule has 39 heavy (non-hydrogen) atoms. The molecule has 2 amide bonds. The van der Waals surface area contributed by atoms with Gasteiger partial charge in [0.2, 0.25) is 5.91 Å². The zero-order chi connectivity index (χ0) is 27.8. The molecule has 1 heterocycles. The number of amides is 2. The molecule has 0 unspecified atom stereocenters. The highest BCUT2D eigenvalue weighted by atomic mass is 16.2. The number of carbonyl (C=O) groups is 2. The molecule has 4 N–H and O–H groups in total. The van der Waals surface area contributed by atoms with Crippen molar-refractivity contribution in [2.24, 2.45) is 11.7 Å². The number of anilines is 1. The smallest absolute Gasteiger partial charge is 0.254 e. The van der Waals surface area contributed by atoms with E-state index in [1.807, 2.05) is 105 Å². The summed E-state index contributed by atoms with van der Waals surface area (Å²) in [6, 6.07) is 24.8. The van der Waals surface area contributed by atoms with Gasteiger partial charge in [-0.05, 0) is 42.2 Å². The minimum absolute atomic E-state index is 0.00151. The molecule has 0 saturated carbocycles. The minimum Gasteiger partial charge on any atom is -0.368 e. The number of nitrogens with zero attached hydrogens (tertiary/aromatic N) is 3. The number of aromatic nitrogens is 2. The second-order valence-electron chi connectivity index (χ2n) is 9.75. The van der Waals surface area contributed by atoms with Crippen LogP contribution >= 0.6 is 0 Å². The maximum atomic E-state index is 13.5. The summed E-state index contributed by atoms with van der Waals surface area (Å²) in [4.78, 5) is 36.7. The zero-order valence-electron chi connectivity index (χ0n) is 22.7. The first-order valence-electron chi connectivity index (χ1n) is 13.3. The maximum Gasteiger partial charge on any atom is 0.254 e. The summed E-state index contributed by atoms with van der Waals surface area (Å²) >= 11 is 0. The zero-order valence-corrected chi connectivity index (χ0v) is 22.7. The fraction of sp³-hybridized carbons (Fsp3) is 0.290. The van der Waals surface area contributed by atoms with E-state index < -0.39 is 11.9 Å². The third-order valence-electron chi connectivity index (χ3n) is 6.67. The minimum atomic E-state index is -0.549. The number of benzene rings is 3. The SMILES string of the molecule is CCN(CCNCc1nc(N[C@H](C(N)=O)C(C)C)c2ccccc2n1)C(=O)c1ccccc1-c1ccccc1. The second kappa shape index (κ2) is 13.0. The Morgan fingerprint density at radius 2 is 1.62 bits per heavy atom. The predicted molar refractivity (Wildman–Crippen MR) is 156 cm³/mol. The highest BCUT2D eigenvalue weighted by Crippen LogP contribution is 2.25. The van der Waals surface area contributed by atoms with Crippen molar-refractivity contribution in [1.82, 2.24) is 20.2 Å². The van der Waals surface area contributed by atoms with Gasteiger partial charge in [0.05, 0.1) is 12.1 Å². The Bertz CT molecular complexity index is 1420. The lowest BCUT2D eigenvalue weighted by Crippen LogP contribution is -2.40. The van der Waals surface area contributed by atoms with Crippen LogP contribution in [-0.2, 0) is 11.3 Å². The summed E-state index contributed by atoms with van der Waals surface area (Å²) in [7, 11) is 0. The molecule has 8 nitrogen and oxygen atoms in total. The van der Waals surface area contributed by atoms with Gasteiger partial charge in [-0.15, -0.1) is 0 Å². The summed E-state index contributed by atoms with van der Waals surface area (Å²) in [6.45, 7) is 7.97. The largest absolute Gasteiger partial charge is 0.368 e. The van der Waals surface area contributed by atoms with Crippen LogP contribution in [0.3, 0.4) is 0 Å². The van der Waals surface area contributed by atoms with Crippen molar-refractivity contribution in [1.29, 1.82) is 0 Å². The van der Waals surface area contributed by atoms with Crippen molar-refractivity contribution < 1.29 is 9.59 Å². The molecular formula is C31H36N6O2. The number of para-hydroxylation sites is 1. The van der Waals surface area contributed by atoms with Gasteiger partial charge in [0.25, 0.3) is 5.91 Å². The highest BCUT2D eigenvalue weighted by Gasteiger charge is 2.22. The number of hydrogen-bond acceptors (Lipinski definition) is 6. The highest BCUT2D eigenvalue weighted by molar-refractivity contribution is 6.01. The molecule has 202 valence electrons. The van der Waals surface area contributed by atoms with Gasteiger partial charge in [0, 0.05) is 30.6 Å². The molecule has 0 fully saturated rings. The first-order chi connectivity index (χ1) is 18.9. The van der Waals surface area contributed by atoms with Gasteiger partial charge in [0.15, 0.2) is 0 Å². The molecule has 0 aliphatic carbocycles. The van der Waals surface area contributed by atoms with Gasteiger partial charge < -0.3 is 21.3 Å². The summed E-state index contributed by atoms with van der Waals surface area (Å²) < 4.78 is 0. The van der Waals surface area contributed by atoms with Crippen LogP contribution in [0.15, 0.2) is 78.9 Å². The number of nitrogens with two attached hydrogens (primary N) is 1. The van der Waals surface area contributed by atoms with Gasteiger partial charge in [0.1, 0.15) is 17.7 Å². The van der Waals surface area contributed by atoms with E-state index in [-0.39, 0.29) is 11.8 Å². The van der Waals surface area contributed by atoms with Crippen molar-refractivity contribution in [3.63, 3.8) is 0 Å². The van der Waals surface area contributed by atoms with Crippen molar-refractivity contribution in [3.05, 3.63) is 90.3 Å². The van der Waals surface area contributed by atoms with Crippen LogP contribution in [-0.4, -0.2) is 52.4 Å². The van der Waals surface area contributed by atoms with Gasteiger partial charge in [-0.1, -0.05) is 74.5 Å². The summed E-state index contributed by atoms with van der Waals surface area (Å²) in [5.41, 5.74) is 9.04. The molecule has 0 aliphatic rings. The normalized spacial score (nSPS) is 11.9. The van der Waals surface area contributed by atoms with Crippen molar-refractivity contribution in [2.75, 3.05) is 25.0 Å². The number of nitrogens with one attached hydrogen (secondary N) is 2. The number of carbonyl (C=O) groups excluding carboxylic acids is 2. The van der Waals surface area contributed by atoms with Crippen molar-refractivity contribution in [3.8, 4) is 11.1 Å². The lowest BCUT2D eigenvalue weighted by atomic mass is 9.99. The maximum absolute atomic E-state index is 13.5. The van der Waals surface area contributed by atoms with Gasteiger partial charge >= 0.3 is 0 Å². The average molecular weight is 525 g/mol. The van der Waals surface area contributed by atoms with E-state index in [9.17, 15) is 9.59 Å². The number of rotatable bonds is 12. The van der Waals surface area contributed by atoms with Crippen LogP contribution in [0.5, 0.6) is 0 Å². The Balaban J connectivity index is 1.44. The summed E-state index contributed by atoms with van der Waals surface area (Å²) in [5.74, 6) is 0.746. The van der Waals surface area contributed by atoms with E-state index in [1.165, 1.54) is 0 Å². The Morgan fingerprint density at radius 3 is 2.33 bits per heavy atom. The van der Waals surface area contributed by atoms with Gasteiger partial charge in [-0.3, -0.25) is 9.59 Å². The lowest BCUT2D eigenvalue weighted by molar-refractivity contribution is -0.119. The average Bonchev–Trinajstić information content (AvgIpc) is 2.95. The van der Waals surface area contributed by atoms with Gasteiger partial charge in [-0.25, -0.2) is 9.97 Å². The standard InChI is InChI=1S/C31H36N6O2/c1-4-37(31(39)24-15-9-8-14-23(24)22-12-6-5-7-13-22)19-18-33-20-27-34-26-17-11-10-16-25(26)30(35-27)36-28(21(2)3)29(32)38/h5-17,21,28,33H,4,18-20H2,1-3H3,(H2,32,38)(H,34,35,36)/t28-/m0/s1. The number of fused-ring (bicyclic) bond motifs is 1.